The van der Waals surface area contributed by atoms with E-state index in [2.05, 4.69) is 38.1 Å². The minimum atomic E-state index is -0.809. The third-order valence-electron chi connectivity index (χ3n) is 7.03. The summed E-state index contributed by atoms with van der Waals surface area (Å²) >= 11 is 0. The second kappa shape index (κ2) is 4.82. The van der Waals surface area contributed by atoms with Gasteiger partial charge in [-0.3, -0.25) is 0 Å². The molecule has 2 saturated heterocycles. The van der Waals surface area contributed by atoms with Gasteiger partial charge in [-0.2, -0.15) is 0 Å². The number of aryl methyl sites for hydroxylation is 1. The molecular formula is C20H28O4. The normalized spacial score (nSPS) is 48.7. The average Bonchev–Trinajstić information content (AvgIpc) is 2.98. The smallest absolute Gasteiger partial charge is 0.169 e. The molecule has 4 rings (SSSR count). The highest BCUT2D eigenvalue weighted by molar-refractivity contribution is 5.29. The highest BCUT2D eigenvalue weighted by atomic mass is 16.8. The minimum absolute atomic E-state index is 0.0395. The van der Waals surface area contributed by atoms with Crippen LogP contribution in [0, 0.1) is 24.2 Å². The number of fused-ring (bicyclic) bond motifs is 1. The lowest BCUT2D eigenvalue weighted by Gasteiger charge is -2.44. The Balaban J connectivity index is 1.77. The van der Waals surface area contributed by atoms with Crippen molar-refractivity contribution >= 4 is 0 Å². The maximum Gasteiger partial charge on any atom is 0.169 e. The predicted molar refractivity (Wildman–Crippen MR) is 90.4 cm³/mol. The van der Waals surface area contributed by atoms with Crippen molar-refractivity contribution in [2.24, 2.45) is 17.3 Å². The summed E-state index contributed by atoms with van der Waals surface area (Å²) in [6.45, 7) is 10.1. The number of ether oxygens (including phenoxy) is 2. The van der Waals surface area contributed by atoms with Gasteiger partial charge in [0, 0.05) is 23.7 Å². The highest BCUT2D eigenvalue weighted by Crippen LogP contribution is 2.69. The quantitative estimate of drug-likeness (QED) is 0.873. The number of hydrogen-bond donors (Lipinski definition) is 2. The van der Waals surface area contributed by atoms with Crippen LogP contribution < -0.4 is 0 Å². The third-order valence-corrected chi connectivity index (χ3v) is 7.03. The van der Waals surface area contributed by atoms with E-state index >= 15 is 0 Å². The van der Waals surface area contributed by atoms with Gasteiger partial charge in [-0.1, -0.05) is 50.6 Å². The van der Waals surface area contributed by atoms with Crippen molar-refractivity contribution in [2.75, 3.05) is 0 Å². The molecule has 7 atom stereocenters. The average molecular weight is 332 g/mol. The van der Waals surface area contributed by atoms with Crippen molar-refractivity contribution in [1.29, 1.82) is 0 Å². The molecule has 2 aliphatic heterocycles. The van der Waals surface area contributed by atoms with Crippen LogP contribution in [0.5, 0.6) is 0 Å². The summed E-state index contributed by atoms with van der Waals surface area (Å²) in [5, 5.41) is 21.4. The molecule has 2 N–H and O–H groups in total. The molecule has 0 unspecified atom stereocenters. The van der Waals surface area contributed by atoms with E-state index in [1.54, 1.807) is 0 Å². The molecule has 2 bridgehead atoms. The molecule has 1 aliphatic carbocycles. The van der Waals surface area contributed by atoms with Crippen molar-refractivity contribution in [1.82, 2.24) is 0 Å². The lowest BCUT2D eigenvalue weighted by Crippen LogP contribution is -2.56. The molecule has 1 saturated carbocycles. The van der Waals surface area contributed by atoms with E-state index in [1.807, 2.05) is 20.8 Å². The van der Waals surface area contributed by atoms with Gasteiger partial charge >= 0.3 is 0 Å². The van der Waals surface area contributed by atoms with Crippen LogP contribution in [0.1, 0.15) is 38.8 Å². The van der Waals surface area contributed by atoms with Crippen molar-refractivity contribution in [2.45, 2.75) is 70.7 Å². The molecule has 1 aromatic carbocycles. The Morgan fingerprint density at radius 3 is 2.54 bits per heavy atom. The number of rotatable bonds is 2. The highest BCUT2D eigenvalue weighted by Gasteiger charge is 2.81. The Morgan fingerprint density at radius 2 is 1.88 bits per heavy atom. The van der Waals surface area contributed by atoms with E-state index in [9.17, 15) is 10.2 Å². The van der Waals surface area contributed by atoms with Gasteiger partial charge in [0.25, 0.3) is 0 Å². The minimum Gasteiger partial charge on any atom is -0.390 e. The SMILES string of the molecule is Cc1cccc(C[C@H]2O[C@@]3(C)O[C@@]24[C@@H]([C@@H](O)[C@H](O)C4(C)C)[C@H]3C)c1. The summed E-state index contributed by atoms with van der Waals surface area (Å²) < 4.78 is 12.9. The van der Waals surface area contributed by atoms with Crippen LogP contribution in [0.15, 0.2) is 24.3 Å². The summed E-state index contributed by atoms with van der Waals surface area (Å²) in [5.41, 5.74) is 1.18. The fourth-order valence-electron chi connectivity index (χ4n) is 5.60. The van der Waals surface area contributed by atoms with Crippen molar-refractivity contribution in [3.8, 4) is 0 Å². The van der Waals surface area contributed by atoms with E-state index in [4.69, 9.17) is 9.47 Å². The van der Waals surface area contributed by atoms with Crippen LogP contribution in [0.4, 0.5) is 0 Å². The zero-order valence-corrected chi connectivity index (χ0v) is 15.1. The topological polar surface area (TPSA) is 58.9 Å². The Bertz CT molecular complexity index is 671. The second-order valence-corrected chi connectivity index (χ2v) is 8.68. The predicted octanol–water partition coefficient (Wildman–Crippen LogP) is 2.44. The first-order valence-corrected chi connectivity index (χ1v) is 8.93. The largest absolute Gasteiger partial charge is 0.390 e. The summed E-state index contributed by atoms with van der Waals surface area (Å²) in [7, 11) is 0. The van der Waals surface area contributed by atoms with Gasteiger partial charge in [0.2, 0.25) is 0 Å². The first-order chi connectivity index (χ1) is 11.1. The molecule has 4 nitrogen and oxygen atoms in total. The zero-order chi connectivity index (χ0) is 17.5. The lowest BCUT2D eigenvalue weighted by molar-refractivity contribution is -0.188. The molecule has 4 heteroatoms. The van der Waals surface area contributed by atoms with Crippen LogP contribution in [-0.2, 0) is 15.9 Å². The monoisotopic (exact) mass is 332 g/mol. The van der Waals surface area contributed by atoms with Gasteiger partial charge in [-0.05, 0) is 19.4 Å². The molecule has 24 heavy (non-hydrogen) atoms. The van der Waals surface area contributed by atoms with Crippen LogP contribution in [0.3, 0.4) is 0 Å². The van der Waals surface area contributed by atoms with Crippen LogP contribution >= 0.6 is 0 Å². The standard InChI is InChI=1S/C20H28O4/c1-11-7-6-8-13(9-11)10-14-20-15(12(2)19(5,23-14)24-20)16(21)17(22)18(20,3)4/h6-9,12,14-17,21-22H,10H2,1-5H3/t12-,14-,15-,16-,17+,19+,20-/m1/s1. The molecule has 1 spiro atoms. The maximum absolute atomic E-state index is 10.7. The lowest BCUT2D eigenvalue weighted by atomic mass is 9.66. The maximum atomic E-state index is 10.7. The first kappa shape index (κ1) is 16.5. The Labute approximate surface area is 143 Å². The van der Waals surface area contributed by atoms with E-state index in [0.29, 0.717) is 0 Å². The second-order valence-electron chi connectivity index (χ2n) is 8.68. The van der Waals surface area contributed by atoms with Gasteiger partial charge in [-0.15, -0.1) is 0 Å². The van der Waals surface area contributed by atoms with Crippen molar-refractivity contribution < 1.29 is 19.7 Å². The summed E-state index contributed by atoms with van der Waals surface area (Å²) in [6.07, 6.45) is -1.03. The van der Waals surface area contributed by atoms with Gasteiger partial charge in [-0.25, -0.2) is 0 Å². The third kappa shape index (κ3) is 1.78. The molecule has 3 fully saturated rings. The van der Waals surface area contributed by atoms with E-state index in [0.717, 1.165) is 6.42 Å². The van der Waals surface area contributed by atoms with E-state index in [-0.39, 0.29) is 17.9 Å². The van der Waals surface area contributed by atoms with Crippen molar-refractivity contribution in [3.63, 3.8) is 0 Å². The number of benzene rings is 1. The Kier molecular flexibility index (Phi) is 3.32. The number of aliphatic hydroxyl groups excluding tert-OH is 2. The molecule has 0 radical (unpaired) electrons. The van der Waals surface area contributed by atoms with Gasteiger partial charge in [0.1, 0.15) is 5.60 Å². The van der Waals surface area contributed by atoms with Gasteiger partial charge in [0.05, 0.1) is 18.3 Å². The zero-order valence-electron chi connectivity index (χ0n) is 15.1. The molecule has 0 amide bonds. The van der Waals surface area contributed by atoms with Crippen LogP contribution in [0.25, 0.3) is 0 Å². The summed E-state index contributed by atoms with van der Waals surface area (Å²) in [4.78, 5) is 0. The molecule has 2 heterocycles. The van der Waals surface area contributed by atoms with Crippen LogP contribution in [-0.4, -0.2) is 39.9 Å². The van der Waals surface area contributed by atoms with E-state index < -0.39 is 29.0 Å². The van der Waals surface area contributed by atoms with Gasteiger partial charge in [0.15, 0.2) is 5.79 Å². The van der Waals surface area contributed by atoms with Crippen LogP contribution in [0.2, 0.25) is 0 Å². The molecular weight excluding hydrogens is 304 g/mol. The summed E-state index contributed by atoms with van der Waals surface area (Å²) in [6, 6.07) is 8.41. The van der Waals surface area contributed by atoms with E-state index in [1.165, 1.54) is 11.1 Å². The number of aliphatic hydroxyl groups is 2. The Hall–Kier alpha value is -0.940. The summed E-state index contributed by atoms with van der Waals surface area (Å²) in [5.74, 6) is -0.772. The molecule has 1 aromatic rings. The Morgan fingerprint density at radius 1 is 1.17 bits per heavy atom. The fraction of sp³-hybridized carbons (Fsp3) is 0.700. The molecule has 132 valence electrons. The van der Waals surface area contributed by atoms with Crippen molar-refractivity contribution in [3.05, 3.63) is 35.4 Å². The first-order valence-electron chi connectivity index (χ1n) is 8.93. The fourth-order valence-corrected chi connectivity index (χ4v) is 5.60. The number of hydrogen-bond acceptors (Lipinski definition) is 4. The van der Waals surface area contributed by atoms with Gasteiger partial charge < -0.3 is 19.7 Å². The molecule has 3 aliphatic rings. The molecule has 0 aromatic heterocycles.